The van der Waals surface area contributed by atoms with Crippen molar-refractivity contribution >= 4 is 11.7 Å². The van der Waals surface area contributed by atoms with E-state index in [0.29, 0.717) is 11.2 Å². The maximum absolute atomic E-state index is 10.5. The van der Waals surface area contributed by atoms with Crippen molar-refractivity contribution in [3.8, 4) is 5.75 Å². The Balaban J connectivity index is 2.09. The largest absolute Gasteiger partial charge is 0.480 e. The first-order valence-electron chi connectivity index (χ1n) is 5.66. The molecule has 1 saturated heterocycles. The van der Waals surface area contributed by atoms with Crippen molar-refractivity contribution in [1.82, 2.24) is 0 Å². The maximum Gasteiger partial charge on any atom is 0.341 e. The molecule has 2 rings (SSSR count). The molecule has 0 aliphatic carbocycles. The summed E-state index contributed by atoms with van der Waals surface area (Å²) in [4.78, 5) is 12.7. The molecule has 0 radical (unpaired) electrons. The molecular weight excluding hydrogens is 218 g/mol. The minimum atomic E-state index is -0.955. The van der Waals surface area contributed by atoms with Gasteiger partial charge in [0.05, 0.1) is 5.69 Å². The molecule has 92 valence electrons. The van der Waals surface area contributed by atoms with Crippen LogP contribution in [0.2, 0.25) is 0 Å². The summed E-state index contributed by atoms with van der Waals surface area (Å²) in [5, 5.41) is 8.62. The van der Waals surface area contributed by atoms with Crippen molar-refractivity contribution in [2.24, 2.45) is 5.41 Å². The SMILES string of the molecule is CC1(C)CN(c2ccccc2OCC(=O)O)C1. The van der Waals surface area contributed by atoms with E-state index in [1.165, 1.54) is 0 Å². The third-order valence-electron chi connectivity index (χ3n) is 2.79. The molecule has 0 amide bonds. The molecule has 0 unspecified atom stereocenters. The Labute approximate surface area is 101 Å². The van der Waals surface area contributed by atoms with Crippen LogP contribution in [0.5, 0.6) is 5.75 Å². The lowest BCUT2D eigenvalue weighted by Crippen LogP contribution is -2.53. The number of carbonyl (C=O) groups is 1. The van der Waals surface area contributed by atoms with Gasteiger partial charge in [0.2, 0.25) is 0 Å². The Hall–Kier alpha value is -1.71. The highest BCUT2D eigenvalue weighted by Crippen LogP contribution is 2.38. The minimum absolute atomic E-state index is 0.297. The molecule has 1 N–H and O–H groups in total. The molecule has 4 heteroatoms. The monoisotopic (exact) mass is 235 g/mol. The number of nitrogens with zero attached hydrogens (tertiary/aromatic N) is 1. The third kappa shape index (κ3) is 2.70. The van der Waals surface area contributed by atoms with Crippen LogP contribution >= 0.6 is 0 Å². The average molecular weight is 235 g/mol. The van der Waals surface area contributed by atoms with Gasteiger partial charge in [-0.3, -0.25) is 0 Å². The summed E-state index contributed by atoms with van der Waals surface area (Å²) in [6, 6.07) is 7.57. The number of ether oxygens (including phenoxy) is 1. The van der Waals surface area contributed by atoms with Crippen LogP contribution in [-0.2, 0) is 4.79 Å². The number of para-hydroxylation sites is 2. The predicted molar refractivity (Wildman–Crippen MR) is 65.6 cm³/mol. The highest BCUT2D eigenvalue weighted by Gasteiger charge is 2.35. The first-order valence-corrected chi connectivity index (χ1v) is 5.66. The van der Waals surface area contributed by atoms with Crippen LogP contribution in [0, 0.1) is 5.41 Å². The summed E-state index contributed by atoms with van der Waals surface area (Å²) in [5.74, 6) is -0.311. The number of hydrogen-bond donors (Lipinski definition) is 1. The van der Waals surface area contributed by atoms with Crippen LogP contribution in [-0.4, -0.2) is 30.8 Å². The Morgan fingerprint density at radius 3 is 2.65 bits per heavy atom. The summed E-state index contributed by atoms with van der Waals surface area (Å²) in [6.45, 7) is 6.07. The van der Waals surface area contributed by atoms with Gasteiger partial charge in [-0.05, 0) is 17.5 Å². The first kappa shape index (κ1) is 11.8. The van der Waals surface area contributed by atoms with E-state index in [4.69, 9.17) is 9.84 Å². The predicted octanol–water partition coefficient (Wildman–Crippen LogP) is 2.00. The molecule has 1 aromatic rings. The van der Waals surface area contributed by atoms with Crippen LogP contribution in [0.1, 0.15) is 13.8 Å². The number of aliphatic carboxylic acids is 1. The molecule has 0 saturated carbocycles. The lowest BCUT2D eigenvalue weighted by atomic mass is 9.84. The zero-order valence-corrected chi connectivity index (χ0v) is 10.1. The lowest BCUT2D eigenvalue weighted by Gasteiger charge is -2.47. The van der Waals surface area contributed by atoms with Gasteiger partial charge in [-0.15, -0.1) is 0 Å². The second kappa shape index (κ2) is 4.28. The first-order chi connectivity index (χ1) is 7.98. The van der Waals surface area contributed by atoms with E-state index in [0.717, 1.165) is 18.8 Å². The molecule has 0 atom stereocenters. The molecule has 1 fully saturated rings. The number of anilines is 1. The number of carboxylic acid groups (broad SMARTS) is 1. The fourth-order valence-electron chi connectivity index (χ4n) is 2.14. The van der Waals surface area contributed by atoms with E-state index in [9.17, 15) is 4.79 Å². The smallest absolute Gasteiger partial charge is 0.341 e. The maximum atomic E-state index is 10.5. The Morgan fingerprint density at radius 2 is 2.06 bits per heavy atom. The van der Waals surface area contributed by atoms with Crippen molar-refractivity contribution in [2.45, 2.75) is 13.8 Å². The zero-order valence-electron chi connectivity index (χ0n) is 10.1. The van der Waals surface area contributed by atoms with Crippen molar-refractivity contribution < 1.29 is 14.6 Å². The Kier molecular flexibility index (Phi) is 2.96. The number of rotatable bonds is 4. The van der Waals surface area contributed by atoms with Crippen LogP contribution in [0.15, 0.2) is 24.3 Å². The minimum Gasteiger partial charge on any atom is -0.480 e. The fraction of sp³-hybridized carbons (Fsp3) is 0.462. The van der Waals surface area contributed by atoms with E-state index in [2.05, 4.69) is 18.7 Å². The van der Waals surface area contributed by atoms with Gasteiger partial charge in [0, 0.05) is 13.1 Å². The lowest BCUT2D eigenvalue weighted by molar-refractivity contribution is -0.139. The topological polar surface area (TPSA) is 49.8 Å². The molecular formula is C13H17NO3. The number of benzene rings is 1. The summed E-state index contributed by atoms with van der Waals surface area (Å²) in [7, 11) is 0. The quantitative estimate of drug-likeness (QED) is 0.867. The van der Waals surface area contributed by atoms with Gasteiger partial charge in [-0.25, -0.2) is 4.79 Å². The fourth-order valence-corrected chi connectivity index (χ4v) is 2.14. The molecule has 1 aliphatic heterocycles. The van der Waals surface area contributed by atoms with Crippen LogP contribution in [0.25, 0.3) is 0 Å². The molecule has 4 nitrogen and oxygen atoms in total. The molecule has 1 heterocycles. The van der Waals surface area contributed by atoms with Gasteiger partial charge in [-0.1, -0.05) is 26.0 Å². The van der Waals surface area contributed by atoms with Gasteiger partial charge in [0.15, 0.2) is 6.61 Å². The van der Waals surface area contributed by atoms with Crippen molar-refractivity contribution in [3.05, 3.63) is 24.3 Å². The second-order valence-electron chi connectivity index (χ2n) is 5.17. The zero-order chi connectivity index (χ0) is 12.5. The van der Waals surface area contributed by atoms with Crippen LogP contribution in [0.4, 0.5) is 5.69 Å². The molecule has 17 heavy (non-hydrogen) atoms. The van der Waals surface area contributed by atoms with E-state index in [1.54, 1.807) is 0 Å². The third-order valence-corrected chi connectivity index (χ3v) is 2.79. The van der Waals surface area contributed by atoms with Gasteiger partial charge in [-0.2, -0.15) is 0 Å². The van der Waals surface area contributed by atoms with Gasteiger partial charge in [0.1, 0.15) is 5.75 Å². The van der Waals surface area contributed by atoms with Gasteiger partial charge in [0.25, 0.3) is 0 Å². The Morgan fingerprint density at radius 1 is 1.41 bits per heavy atom. The molecule has 0 aromatic heterocycles. The average Bonchev–Trinajstić information content (AvgIpc) is 2.23. The summed E-state index contributed by atoms with van der Waals surface area (Å²) >= 11 is 0. The molecule has 1 aromatic carbocycles. The number of carboxylic acids is 1. The van der Waals surface area contributed by atoms with Crippen molar-refractivity contribution in [3.63, 3.8) is 0 Å². The van der Waals surface area contributed by atoms with Gasteiger partial charge < -0.3 is 14.7 Å². The summed E-state index contributed by atoms with van der Waals surface area (Å²) in [6.07, 6.45) is 0. The Bertz CT molecular complexity index is 420. The van der Waals surface area contributed by atoms with E-state index < -0.39 is 5.97 Å². The van der Waals surface area contributed by atoms with Crippen molar-refractivity contribution in [1.29, 1.82) is 0 Å². The second-order valence-corrected chi connectivity index (χ2v) is 5.17. The highest BCUT2D eigenvalue weighted by atomic mass is 16.5. The van der Waals surface area contributed by atoms with E-state index in [-0.39, 0.29) is 6.61 Å². The van der Waals surface area contributed by atoms with Crippen LogP contribution < -0.4 is 9.64 Å². The molecule has 0 bridgehead atoms. The molecule has 1 aliphatic rings. The number of hydrogen-bond acceptors (Lipinski definition) is 3. The normalized spacial score (nSPS) is 17.4. The van der Waals surface area contributed by atoms with E-state index in [1.807, 2.05) is 24.3 Å². The standard InChI is InChI=1S/C13H17NO3/c1-13(2)8-14(9-13)10-5-3-4-6-11(10)17-7-12(15)16/h3-6H,7-9H2,1-2H3,(H,15,16). The van der Waals surface area contributed by atoms with Gasteiger partial charge >= 0.3 is 5.97 Å². The molecule has 0 spiro atoms. The van der Waals surface area contributed by atoms with Crippen LogP contribution in [0.3, 0.4) is 0 Å². The highest BCUT2D eigenvalue weighted by molar-refractivity contribution is 5.69. The summed E-state index contributed by atoms with van der Waals surface area (Å²) < 4.78 is 5.28. The van der Waals surface area contributed by atoms with Crippen molar-refractivity contribution in [2.75, 3.05) is 24.6 Å². The van der Waals surface area contributed by atoms with E-state index >= 15 is 0 Å². The summed E-state index contributed by atoms with van der Waals surface area (Å²) in [5.41, 5.74) is 1.31.